The molecule has 5 nitrogen and oxygen atoms in total. The fraction of sp³-hybridized carbons (Fsp3) is 0.0417. The van der Waals surface area contributed by atoms with Crippen LogP contribution in [0, 0.1) is 0 Å². The molecule has 1 aromatic heterocycles. The second kappa shape index (κ2) is 9.17. The molecule has 3 aromatic carbocycles. The number of benzene rings is 3. The van der Waals surface area contributed by atoms with Gasteiger partial charge in [0.2, 0.25) is 0 Å². The third kappa shape index (κ3) is 4.28. The number of hydrogen-bond acceptors (Lipinski definition) is 3. The Morgan fingerprint density at radius 1 is 0.875 bits per heavy atom. The number of aromatic nitrogens is 2. The number of carbonyl (C=O) groups excluding carboxylic acids is 1. The molecule has 0 bridgehead atoms. The van der Waals surface area contributed by atoms with Crippen molar-refractivity contribution in [1.82, 2.24) is 9.78 Å². The van der Waals surface area contributed by atoms with Crippen molar-refractivity contribution in [1.29, 1.82) is 0 Å². The summed E-state index contributed by atoms with van der Waals surface area (Å²) in [5, 5.41) is 7.79. The minimum atomic E-state index is -0.657. The van der Waals surface area contributed by atoms with E-state index in [2.05, 4.69) is 10.4 Å². The van der Waals surface area contributed by atoms with Gasteiger partial charge in [-0.25, -0.2) is 4.68 Å². The second-order valence-corrected chi connectivity index (χ2v) is 8.21. The lowest BCUT2D eigenvalue weighted by Crippen LogP contribution is -2.31. The SMILES string of the molecule is Cn1nc(-c2ccccc2)c(-c2ccccc2)c(C(=O)Nc2c(Cl)cc(Cl)cc2Cl)c1=O. The highest BCUT2D eigenvalue weighted by atomic mass is 35.5. The molecule has 4 rings (SSSR count). The summed E-state index contributed by atoms with van der Waals surface area (Å²) in [6.45, 7) is 0. The highest BCUT2D eigenvalue weighted by molar-refractivity contribution is 6.42. The van der Waals surface area contributed by atoms with Gasteiger partial charge in [0.05, 0.1) is 21.4 Å². The zero-order valence-corrected chi connectivity index (χ0v) is 19.0. The van der Waals surface area contributed by atoms with E-state index in [9.17, 15) is 9.59 Å². The summed E-state index contributed by atoms with van der Waals surface area (Å²) in [5.74, 6) is -0.657. The van der Waals surface area contributed by atoms with Gasteiger partial charge in [-0.1, -0.05) is 95.5 Å². The summed E-state index contributed by atoms with van der Waals surface area (Å²) in [7, 11) is 1.50. The van der Waals surface area contributed by atoms with Crippen molar-refractivity contribution in [3.05, 3.63) is 104 Å². The van der Waals surface area contributed by atoms with Gasteiger partial charge in [0.25, 0.3) is 11.5 Å². The van der Waals surface area contributed by atoms with E-state index in [1.54, 1.807) is 0 Å². The lowest BCUT2D eigenvalue weighted by Gasteiger charge is -2.16. The zero-order valence-electron chi connectivity index (χ0n) is 16.8. The third-order valence-electron chi connectivity index (χ3n) is 4.83. The lowest BCUT2D eigenvalue weighted by atomic mass is 9.95. The Morgan fingerprint density at radius 2 is 1.41 bits per heavy atom. The predicted molar refractivity (Wildman–Crippen MR) is 130 cm³/mol. The monoisotopic (exact) mass is 483 g/mol. The van der Waals surface area contributed by atoms with Crippen molar-refractivity contribution in [3.8, 4) is 22.4 Å². The van der Waals surface area contributed by atoms with Gasteiger partial charge >= 0.3 is 0 Å². The summed E-state index contributed by atoms with van der Waals surface area (Å²) in [6.07, 6.45) is 0. The molecule has 0 saturated heterocycles. The third-order valence-corrected chi connectivity index (χ3v) is 5.64. The van der Waals surface area contributed by atoms with Crippen LogP contribution in [0.4, 0.5) is 5.69 Å². The molecule has 0 unspecified atom stereocenters. The fourth-order valence-corrected chi connectivity index (χ4v) is 4.28. The van der Waals surface area contributed by atoms with Crippen LogP contribution in [-0.4, -0.2) is 15.7 Å². The largest absolute Gasteiger partial charge is 0.319 e. The van der Waals surface area contributed by atoms with Crippen LogP contribution in [0.2, 0.25) is 15.1 Å². The smallest absolute Gasteiger partial charge is 0.280 e. The fourth-order valence-electron chi connectivity index (χ4n) is 3.36. The first kappa shape index (κ1) is 22.1. The molecule has 0 fully saturated rings. The van der Waals surface area contributed by atoms with Gasteiger partial charge in [-0.05, 0) is 17.7 Å². The first-order valence-corrected chi connectivity index (χ1v) is 10.7. The van der Waals surface area contributed by atoms with Crippen molar-refractivity contribution < 1.29 is 4.79 Å². The van der Waals surface area contributed by atoms with Crippen LogP contribution in [0.15, 0.2) is 77.6 Å². The molecular weight excluding hydrogens is 469 g/mol. The Hall–Kier alpha value is -3.12. The molecule has 8 heteroatoms. The second-order valence-electron chi connectivity index (χ2n) is 6.96. The average Bonchev–Trinajstić information content (AvgIpc) is 2.78. The van der Waals surface area contributed by atoms with E-state index in [1.807, 2.05) is 60.7 Å². The Morgan fingerprint density at radius 3 is 1.97 bits per heavy atom. The molecule has 0 aliphatic carbocycles. The van der Waals surface area contributed by atoms with Gasteiger partial charge < -0.3 is 5.32 Å². The minimum Gasteiger partial charge on any atom is -0.319 e. The van der Waals surface area contributed by atoms with E-state index in [4.69, 9.17) is 34.8 Å². The average molecular weight is 485 g/mol. The van der Waals surface area contributed by atoms with Crippen molar-refractivity contribution in [2.24, 2.45) is 7.05 Å². The van der Waals surface area contributed by atoms with Gasteiger partial charge in [0.15, 0.2) is 0 Å². The number of rotatable bonds is 4. The number of aryl methyl sites for hydroxylation is 1. The Balaban J connectivity index is 1.97. The van der Waals surface area contributed by atoms with E-state index in [0.29, 0.717) is 21.8 Å². The van der Waals surface area contributed by atoms with E-state index in [-0.39, 0.29) is 21.3 Å². The van der Waals surface area contributed by atoms with Crippen LogP contribution in [0.1, 0.15) is 10.4 Å². The number of nitrogens with one attached hydrogen (secondary N) is 1. The van der Waals surface area contributed by atoms with Crippen LogP contribution < -0.4 is 10.9 Å². The van der Waals surface area contributed by atoms with Crippen LogP contribution in [0.3, 0.4) is 0 Å². The molecular formula is C24H16Cl3N3O2. The Kier molecular flexibility index (Phi) is 6.33. The summed E-state index contributed by atoms with van der Waals surface area (Å²) >= 11 is 18.5. The van der Waals surface area contributed by atoms with Crippen LogP contribution >= 0.6 is 34.8 Å². The minimum absolute atomic E-state index is 0.0744. The zero-order chi connectivity index (χ0) is 22.8. The Labute approximate surface area is 199 Å². The summed E-state index contributed by atoms with van der Waals surface area (Å²) in [4.78, 5) is 26.6. The molecule has 0 spiro atoms. The highest BCUT2D eigenvalue weighted by Gasteiger charge is 2.25. The quantitative estimate of drug-likeness (QED) is 0.368. The van der Waals surface area contributed by atoms with Gasteiger partial charge in [-0.2, -0.15) is 5.10 Å². The molecule has 160 valence electrons. The maximum Gasteiger partial charge on any atom is 0.280 e. The van der Waals surface area contributed by atoms with E-state index in [1.165, 1.54) is 19.2 Å². The van der Waals surface area contributed by atoms with E-state index >= 15 is 0 Å². The molecule has 0 aliphatic heterocycles. The topological polar surface area (TPSA) is 64.0 Å². The number of hydrogen-bond donors (Lipinski definition) is 1. The van der Waals surface area contributed by atoms with Crippen LogP contribution in [0.25, 0.3) is 22.4 Å². The van der Waals surface area contributed by atoms with Gasteiger partial charge in [-0.15, -0.1) is 0 Å². The molecule has 0 radical (unpaired) electrons. The number of halogens is 3. The highest BCUT2D eigenvalue weighted by Crippen LogP contribution is 2.36. The molecule has 0 saturated carbocycles. The van der Waals surface area contributed by atoms with Crippen molar-refractivity contribution >= 4 is 46.4 Å². The van der Waals surface area contributed by atoms with E-state index < -0.39 is 11.5 Å². The Bertz CT molecular complexity index is 1350. The summed E-state index contributed by atoms with van der Waals surface area (Å²) < 4.78 is 1.15. The predicted octanol–water partition coefficient (Wildman–Crippen LogP) is 6.33. The number of carbonyl (C=O) groups is 1. The van der Waals surface area contributed by atoms with Crippen LogP contribution in [0.5, 0.6) is 0 Å². The maximum atomic E-state index is 13.5. The molecule has 1 amide bonds. The molecule has 4 aromatic rings. The molecule has 0 aliphatic rings. The van der Waals surface area contributed by atoms with Crippen molar-refractivity contribution in [2.75, 3.05) is 5.32 Å². The standard InChI is InChI=1S/C24H16Cl3N3O2/c1-30-24(32)20(23(31)28-22-17(26)12-16(25)13-18(22)27)19(14-8-4-2-5-9-14)21(29-30)15-10-6-3-7-11-15/h2-13H,1H3,(H,28,31). The van der Waals surface area contributed by atoms with Crippen LogP contribution in [-0.2, 0) is 7.05 Å². The van der Waals surface area contributed by atoms with Crippen molar-refractivity contribution in [2.45, 2.75) is 0 Å². The number of anilines is 1. The summed E-state index contributed by atoms with van der Waals surface area (Å²) in [5.41, 5.74) is 1.89. The number of nitrogens with zero attached hydrogens (tertiary/aromatic N) is 2. The maximum absolute atomic E-state index is 13.5. The van der Waals surface area contributed by atoms with Gasteiger partial charge in [-0.3, -0.25) is 9.59 Å². The molecule has 32 heavy (non-hydrogen) atoms. The van der Waals surface area contributed by atoms with Gasteiger partial charge in [0.1, 0.15) is 5.56 Å². The van der Waals surface area contributed by atoms with E-state index in [0.717, 1.165) is 10.2 Å². The molecule has 1 N–H and O–H groups in total. The molecule has 0 atom stereocenters. The first-order chi connectivity index (χ1) is 15.4. The lowest BCUT2D eigenvalue weighted by molar-refractivity contribution is 0.102. The number of amides is 1. The molecule has 1 heterocycles. The normalized spacial score (nSPS) is 10.8. The first-order valence-electron chi connectivity index (χ1n) is 9.55. The summed E-state index contributed by atoms with van der Waals surface area (Å²) in [6, 6.07) is 21.4. The van der Waals surface area contributed by atoms with Crippen molar-refractivity contribution in [3.63, 3.8) is 0 Å². The van der Waals surface area contributed by atoms with Gasteiger partial charge in [0, 0.05) is 23.2 Å².